The molecule has 0 bridgehead atoms. The minimum Gasteiger partial charge on any atom is -0.393 e. The summed E-state index contributed by atoms with van der Waals surface area (Å²) in [6.07, 6.45) is 3.62. The predicted molar refractivity (Wildman–Crippen MR) is 97.4 cm³/mol. The van der Waals surface area contributed by atoms with Gasteiger partial charge in [-0.1, -0.05) is 20.4 Å². The van der Waals surface area contributed by atoms with Gasteiger partial charge in [-0.3, -0.25) is 0 Å². The molecule has 4 N–H and O–H groups in total. The molecule has 6 nitrogen and oxygen atoms in total. The van der Waals surface area contributed by atoms with E-state index in [0.717, 1.165) is 17.9 Å². The number of nitrogens with two attached hydrogens (primary N) is 1. The van der Waals surface area contributed by atoms with E-state index >= 15 is 0 Å². The molecule has 0 radical (unpaired) electrons. The molecular weight excluding hydrogens is 288 g/mol. The number of nitrogens with one attached hydrogen (secondary N) is 2. The molecule has 126 valence electrons. The first-order chi connectivity index (χ1) is 10.9. The van der Waals surface area contributed by atoms with Crippen molar-refractivity contribution in [1.82, 2.24) is 10.2 Å². The highest BCUT2D eigenvalue weighted by Crippen LogP contribution is 2.20. The number of nitrogens with zero attached hydrogens (tertiary/aromatic N) is 3. The summed E-state index contributed by atoms with van der Waals surface area (Å²) in [7, 11) is 3.69. The molecule has 23 heavy (non-hydrogen) atoms. The van der Waals surface area contributed by atoms with Crippen molar-refractivity contribution in [3.63, 3.8) is 0 Å². The van der Waals surface area contributed by atoms with Crippen LogP contribution in [0.15, 0.2) is 59.3 Å². The van der Waals surface area contributed by atoms with Crippen LogP contribution < -0.4 is 16.4 Å². The number of hydrogen-bond acceptors (Lipinski definition) is 6. The minimum atomic E-state index is 0.0710. The van der Waals surface area contributed by atoms with E-state index in [9.17, 15) is 0 Å². The van der Waals surface area contributed by atoms with Crippen LogP contribution in [-0.2, 0) is 0 Å². The Morgan fingerprint density at radius 1 is 1.35 bits per heavy atom. The zero-order chi connectivity index (χ0) is 17.3. The summed E-state index contributed by atoms with van der Waals surface area (Å²) < 4.78 is 0. The molecule has 0 aliphatic rings. The summed E-state index contributed by atoms with van der Waals surface area (Å²) in [6, 6.07) is 7.79. The molecule has 0 fully saturated rings. The molecule has 0 aromatic heterocycles. The maximum Gasteiger partial charge on any atom is 0.147 e. The number of azo groups is 1. The minimum absolute atomic E-state index is 0.0710. The SMILES string of the molecule is C=C(N=Nc1ccc(NCC(C)(C)CN)cc1)N(C)C=CNC. The first-order valence-electron chi connectivity index (χ1n) is 7.59. The van der Waals surface area contributed by atoms with Crippen molar-refractivity contribution in [1.29, 1.82) is 0 Å². The van der Waals surface area contributed by atoms with Crippen LogP contribution in [0.25, 0.3) is 0 Å². The third-order valence-electron chi connectivity index (χ3n) is 3.34. The second-order valence-corrected chi connectivity index (χ2v) is 6.10. The van der Waals surface area contributed by atoms with E-state index in [1.54, 1.807) is 11.1 Å². The van der Waals surface area contributed by atoms with Gasteiger partial charge in [0.2, 0.25) is 0 Å². The summed E-state index contributed by atoms with van der Waals surface area (Å²) in [6.45, 7) is 9.60. The molecule has 6 heteroatoms. The quantitative estimate of drug-likeness (QED) is 0.611. The Morgan fingerprint density at radius 3 is 2.57 bits per heavy atom. The molecule has 0 saturated carbocycles. The molecule has 0 aliphatic heterocycles. The van der Waals surface area contributed by atoms with Gasteiger partial charge in [-0.05, 0) is 36.2 Å². The lowest BCUT2D eigenvalue weighted by Gasteiger charge is -2.23. The van der Waals surface area contributed by atoms with Crippen molar-refractivity contribution in [2.24, 2.45) is 21.4 Å². The average Bonchev–Trinajstić information content (AvgIpc) is 2.56. The van der Waals surface area contributed by atoms with Gasteiger partial charge in [0, 0.05) is 38.7 Å². The normalized spacial score (nSPS) is 11.9. The van der Waals surface area contributed by atoms with E-state index in [4.69, 9.17) is 5.73 Å². The number of hydrogen-bond donors (Lipinski definition) is 3. The second-order valence-electron chi connectivity index (χ2n) is 6.10. The lowest BCUT2D eigenvalue weighted by Crippen LogP contribution is -2.31. The second kappa shape index (κ2) is 8.95. The topological polar surface area (TPSA) is 78.0 Å². The third-order valence-corrected chi connectivity index (χ3v) is 3.34. The highest BCUT2D eigenvalue weighted by atomic mass is 15.3. The molecular formula is C17H28N6. The summed E-state index contributed by atoms with van der Waals surface area (Å²) in [4.78, 5) is 1.78. The fraction of sp³-hybridized carbons (Fsp3) is 0.412. The molecule has 1 aromatic rings. The van der Waals surface area contributed by atoms with E-state index in [2.05, 4.69) is 41.3 Å². The van der Waals surface area contributed by atoms with Crippen LogP contribution in [0.4, 0.5) is 11.4 Å². The summed E-state index contributed by atoms with van der Waals surface area (Å²) in [5.41, 5.74) is 7.62. The standard InChI is InChI=1S/C17H28N6/c1-14(23(5)11-10-19-4)21-22-16-8-6-15(7-9-16)20-13-17(2,3)12-18/h6-11,19-20H,1,12-13,18H2,2-5H3. The Morgan fingerprint density at radius 2 is 2.00 bits per heavy atom. The van der Waals surface area contributed by atoms with Crippen LogP contribution in [0.5, 0.6) is 0 Å². The Hall–Kier alpha value is -2.34. The van der Waals surface area contributed by atoms with Crippen molar-refractivity contribution in [2.45, 2.75) is 13.8 Å². The van der Waals surface area contributed by atoms with Gasteiger partial charge in [0.1, 0.15) is 5.82 Å². The molecule has 0 spiro atoms. The van der Waals surface area contributed by atoms with Crippen LogP contribution in [0.1, 0.15) is 13.8 Å². The molecule has 0 saturated heterocycles. The van der Waals surface area contributed by atoms with Gasteiger partial charge in [-0.15, -0.1) is 10.2 Å². The van der Waals surface area contributed by atoms with Gasteiger partial charge in [0.05, 0.1) is 5.69 Å². The molecule has 0 aliphatic carbocycles. The van der Waals surface area contributed by atoms with Gasteiger partial charge in [-0.25, -0.2) is 0 Å². The smallest absolute Gasteiger partial charge is 0.147 e. The lowest BCUT2D eigenvalue weighted by atomic mass is 9.94. The van der Waals surface area contributed by atoms with Gasteiger partial charge < -0.3 is 21.3 Å². The van der Waals surface area contributed by atoms with E-state index < -0.39 is 0 Å². The van der Waals surface area contributed by atoms with Gasteiger partial charge in [0.25, 0.3) is 0 Å². The summed E-state index contributed by atoms with van der Waals surface area (Å²) in [5, 5.41) is 14.6. The summed E-state index contributed by atoms with van der Waals surface area (Å²) in [5.74, 6) is 0.559. The fourth-order valence-corrected chi connectivity index (χ4v) is 1.52. The molecule has 0 amide bonds. The van der Waals surface area contributed by atoms with Crippen molar-refractivity contribution >= 4 is 11.4 Å². The largest absolute Gasteiger partial charge is 0.393 e. The molecule has 1 rings (SSSR count). The Balaban J connectivity index is 2.58. The monoisotopic (exact) mass is 316 g/mol. The van der Waals surface area contributed by atoms with E-state index in [0.29, 0.717) is 12.4 Å². The number of benzene rings is 1. The highest BCUT2D eigenvalue weighted by molar-refractivity contribution is 5.50. The van der Waals surface area contributed by atoms with E-state index in [1.807, 2.05) is 44.6 Å². The highest BCUT2D eigenvalue weighted by Gasteiger charge is 2.14. The Labute approximate surface area is 139 Å². The van der Waals surface area contributed by atoms with Gasteiger partial charge >= 0.3 is 0 Å². The maximum atomic E-state index is 5.73. The first kappa shape index (κ1) is 18.7. The van der Waals surface area contributed by atoms with Crippen molar-refractivity contribution < 1.29 is 0 Å². The molecule has 1 aromatic carbocycles. The van der Waals surface area contributed by atoms with Gasteiger partial charge in [0.15, 0.2) is 0 Å². The Kier molecular flexibility index (Phi) is 7.28. The fourth-order valence-electron chi connectivity index (χ4n) is 1.52. The molecule has 0 atom stereocenters. The van der Waals surface area contributed by atoms with E-state index in [1.165, 1.54) is 0 Å². The van der Waals surface area contributed by atoms with Crippen molar-refractivity contribution in [2.75, 3.05) is 32.5 Å². The van der Waals surface area contributed by atoms with Crippen LogP contribution in [0.3, 0.4) is 0 Å². The van der Waals surface area contributed by atoms with Crippen LogP contribution in [0.2, 0.25) is 0 Å². The zero-order valence-corrected chi connectivity index (χ0v) is 14.5. The lowest BCUT2D eigenvalue weighted by molar-refractivity contribution is 0.405. The average molecular weight is 316 g/mol. The van der Waals surface area contributed by atoms with E-state index in [-0.39, 0.29) is 5.41 Å². The molecule has 0 unspecified atom stereocenters. The van der Waals surface area contributed by atoms with Crippen molar-refractivity contribution in [3.8, 4) is 0 Å². The maximum absolute atomic E-state index is 5.73. The first-order valence-corrected chi connectivity index (χ1v) is 7.59. The van der Waals surface area contributed by atoms with Gasteiger partial charge in [-0.2, -0.15) is 0 Å². The number of rotatable bonds is 9. The zero-order valence-electron chi connectivity index (χ0n) is 14.5. The van der Waals surface area contributed by atoms with Crippen LogP contribution >= 0.6 is 0 Å². The Bertz CT molecular complexity index is 545. The third kappa shape index (κ3) is 6.97. The number of anilines is 1. The van der Waals surface area contributed by atoms with Crippen molar-refractivity contribution in [3.05, 3.63) is 49.1 Å². The summed E-state index contributed by atoms with van der Waals surface area (Å²) >= 11 is 0. The predicted octanol–water partition coefficient (Wildman–Crippen LogP) is 3.26. The molecule has 0 heterocycles. The van der Waals surface area contributed by atoms with Crippen LogP contribution in [-0.4, -0.2) is 32.1 Å². The van der Waals surface area contributed by atoms with Crippen LogP contribution in [0, 0.1) is 5.41 Å².